The number of phenols is 2. The zero-order valence-electron chi connectivity index (χ0n) is 17.3. The Morgan fingerprint density at radius 2 is 1.86 bits per heavy atom. The van der Waals surface area contributed by atoms with Gasteiger partial charge in [-0.1, -0.05) is 34.6 Å². The normalized spacial score (nSPS) is 32.0. The largest absolute Gasteiger partial charge is 0.507 e. The Kier molecular flexibility index (Phi) is 4.12. The SMILES string of the molecule is CC(C)CC(=O)c1c(O)c(C=O)c2c(c1O)C[C@H]1C[C@@H]3C[C@@H](O2)[C@]1(C)C3(C)C. The number of ketones is 1. The van der Waals surface area contributed by atoms with Crippen LogP contribution in [0.1, 0.15) is 80.2 Å². The molecule has 0 spiro atoms. The maximum absolute atomic E-state index is 12.7. The molecular weight excluding hydrogens is 356 g/mol. The lowest BCUT2D eigenvalue weighted by Gasteiger charge is -2.42. The fourth-order valence-electron chi connectivity index (χ4n) is 6.22. The Balaban J connectivity index is 1.89. The highest BCUT2D eigenvalue weighted by Gasteiger charge is 2.68. The van der Waals surface area contributed by atoms with Crippen molar-refractivity contribution in [3.8, 4) is 17.2 Å². The fraction of sp³-hybridized carbons (Fsp3) is 0.652. The highest BCUT2D eigenvalue weighted by atomic mass is 16.5. The highest BCUT2D eigenvalue weighted by molar-refractivity contribution is 6.05. The number of hydrogen-bond acceptors (Lipinski definition) is 5. The summed E-state index contributed by atoms with van der Waals surface area (Å²) >= 11 is 0. The van der Waals surface area contributed by atoms with Gasteiger partial charge in [0.2, 0.25) is 0 Å². The van der Waals surface area contributed by atoms with Crippen LogP contribution in [0.15, 0.2) is 0 Å². The predicted molar refractivity (Wildman–Crippen MR) is 105 cm³/mol. The number of aldehydes is 1. The average Bonchev–Trinajstić information content (AvgIpc) is 2.87. The number of benzene rings is 1. The lowest BCUT2D eigenvalue weighted by atomic mass is 9.64. The zero-order valence-corrected chi connectivity index (χ0v) is 17.3. The molecule has 0 aromatic heterocycles. The van der Waals surface area contributed by atoms with Crippen LogP contribution in [0.5, 0.6) is 17.2 Å². The molecule has 2 fully saturated rings. The van der Waals surface area contributed by atoms with E-state index >= 15 is 0 Å². The molecule has 3 aliphatic rings. The lowest BCUT2D eigenvalue weighted by Crippen LogP contribution is -2.43. The summed E-state index contributed by atoms with van der Waals surface area (Å²) in [5.74, 6) is 0.157. The van der Waals surface area contributed by atoms with E-state index in [2.05, 4.69) is 20.8 Å². The van der Waals surface area contributed by atoms with Gasteiger partial charge in [0.05, 0.1) is 5.56 Å². The van der Waals surface area contributed by atoms with Crippen molar-refractivity contribution >= 4 is 12.1 Å². The van der Waals surface area contributed by atoms with Crippen molar-refractivity contribution < 1.29 is 24.5 Å². The minimum atomic E-state index is -0.454. The Morgan fingerprint density at radius 1 is 1.18 bits per heavy atom. The third kappa shape index (κ3) is 2.25. The maximum Gasteiger partial charge on any atom is 0.170 e. The van der Waals surface area contributed by atoms with Crippen LogP contribution < -0.4 is 4.74 Å². The Morgan fingerprint density at radius 3 is 2.43 bits per heavy atom. The summed E-state index contributed by atoms with van der Waals surface area (Å²) in [4.78, 5) is 24.6. The first-order valence-electron chi connectivity index (χ1n) is 10.3. The molecule has 4 atom stereocenters. The molecule has 0 amide bonds. The highest BCUT2D eigenvalue weighted by Crippen LogP contribution is 2.71. The zero-order chi connectivity index (χ0) is 20.6. The summed E-state index contributed by atoms with van der Waals surface area (Å²) < 4.78 is 6.36. The van der Waals surface area contributed by atoms with Gasteiger partial charge in [0, 0.05) is 17.4 Å². The molecule has 152 valence electrons. The predicted octanol–water partition coefficient (Wildman–Crippen LogP) is 4.51. The van der Waals surface area contributed by atoms with E-state index in [0.29, 0.717) is 30.1 Å². The molecule has 1 aliphatic heterocycles. The number of carbonyl (C=O) groups excluding carboxylic acids is 2. The van der Waals surface area contributed by atoms with E-state index in [-0.39, 0.29) is 57.7 Å². The van der Waals surface area contributed by atoms with Crippen molar-refractivity contribution in [3.05, 3.63) is 16.7 Å². The molecule has 2 aliphatic carbocycles. The van der Waals surface area contributed by atoms with E-state index in [9.17, 15) is 19.8 Å². The van der Waals surface area contributed by atoms with E-state index in [0.717, 1.165) is 12.8 Å². The van der Waals surface area contributed by atoms with Crippen LogP contribution in [-0.2, 0) is 6.42 Å². The molecule has 4 rings (SSSR count). The molecule has 2 bridgehead atoms. The molecule has 0 unspecified atom stereocenters. The van der Waals surface area contributed by atoms with Gasteiger partial charge in [-0.15, -0.1) is 0 Å². The monoisotopic (exact) mass is 386 g/mol. The molecule has 0 radical (unpaired) electrons. The van der Waals surface area contributed by atoms with Crippen molar-refractivity contribution in [3.63, 3.8) is 0 Å². The summed E-state index contributed by atoms with van der Waals surface area (Å²) in [6.45, 7) is 10.6. The summed E-state index contributed by atoms with van der Waals surface area (Å²) in [7, 11) is 0. The molecule has 28 heavy (non-hydrogen) atoms. The first-order chi connectivity index (χ1) is 13.0. The van der Waals surface area contributed by atoms with Crippen molar-refractivity contribution in [1.29, 1.82) is 0 Å². The van der Waals surface area contributed by atoms with Crippen LogP contribution in [0.2, 0.25) is 0 Å². The minimum Gasteiger partial charge on any atom is -0.507 e. The molecule has 5 heteroatoms. The number of rotatable bonds is 4. The van der Waals surface area contributed by atoms with Gasteiger partial charge in [0.1, 0.15) is 28.9 Å². The van der Waals surface area contributed by atoms with Gasteiger partial charge in [0.25, 0.3) is 0 Å². The lowest BCUT2D eigenvalue weighted by molar-refractivity contribution is -0.00105. The standard InChI is InChI=1S/C23H30O5/c1-11(2)6-16(25)18-19(26)14-8-13-7-12-9-17(23(13,5)22(12,3)4)28-21(14)15(10-24)20(18)27/h10-13,17,26-27H,6-9H2,1-5H3/t12-,13-,17-,23-/m1/s1. The second-order valence-electron chi connectivity index (χ2n) is 10.1. The van der Waals surface area contributed by atoms with E-state index < -0.39 is 5.75 Å². The quantitative estimate of drug-likeness (QED) is 0.587. The van der Waals surface area contributed by atoms with Crippen molar-refractivity contribution in [2.24, 2.45) is 28.6 Å². The topological polar surface area (TPSA) is 83.8 Å². The molecule has 1 heterocycles. The van der Waals surface area contributed by atoms with Gasteiger partial charge in [0.15, 0.2) is 12.1 Å². The number of aromatic hydroxyl groups is 2. The third-order valence-electron chi connectivity index (χ3n) is 8.23. The Hall–Kier alpha value is -2.04. The van der Waals surface area contributed by atoms with Gasteiger partial charge >= 0.3 is 0 Å². The molecule has 0 saturated heterocycles. The number of phenolic OH excluding ortho intramolecular Hbond substituents is 2. The molecule has 1 aromatic rings. The smallest absolute Gasteiger partial charge is 0.170 e. The van der Waals surface area contributed by atoms with Crippen LogP contribution >= 0.6 is 0 Å². The Bertz CT molecular complexity index is 868. The van der Waals surface area contributed by atoms with Crippen LogP contribution in [0.25, 0.3) is 0 Å². The van der Waals surface area contributed by atoms with Gasteiger partial charge in [-0.05, 0) is 42.4 Å². The van der Waals surface area contributed by atoms with Gasteiger partial charge < -0.3 is 14.9 Å². The molecule has 5 nitrogen and oxygen atoms in total. The van der Waals surface area contributed by atoms with Crippen LogP contribution in [0.3, 0.4) is 0 Å². The summed E-state index contributed by atoms with van der Waals surface area (Å²) in [6.07, 6.45) is 3.19. The van der Waals surface area contributed by atoms with E-state index in [1.54, 1.807) is 0 Å². The summed E-state index contributed by atoms with van der Waals surface area (Å²) in [5.41, 5.74) is 0.377. The first kappa shape index (κ1) is 19.3. The minimum absolute atomic E-state index is 0.00828. The summed E-state index contributed by atoms with van der Waals surface area (Å²) in [6, 6.07) is 0. The van der Waals surface area contributed by atoms with Crippen LogP contribution in [0.4, 0.5) is 0 Å². The number of fused-ring (bicyclic) bond motifs is 2. The van der Waals surface area contributed by atoms with Gasteiger partial charge in [-0.2, -0.15) is 0 Å². The van der Waals surface area contributed by atoms with Crippen molar-refractivity contribution in [2.45, 2.75) is 66.4 Å². The van der Waals surface area contributed by atoms with Crippen LogP contribution in [-0.4, -0.2) is 28.4 Å². The third-order valence-corrected chi connectivity index (χ3v) is 8.23. The number of carbonyl (C=O) groups is 2. The van der Waals surface area contributed by atoms with Gasteiger partial charge in [-0.3, -0.25) is 9.59 Å². The molecule has 1 aromatic carbocycles. The fourth-order valence-corrected chi connectivity index (χ4v) is 6.22. The second kappa shape index (κ2) is 5.98. The molecular formula is C23H30O5. The molecule has 2 N–H and O–H groups in total. The average molecular weight is 386 g/mol. The van der Waals surface area contributed by atoms with E-state index in [1.807, 2.05) is 13.8 Å². The maximum atomic E-state index is 12.7. The van der Waals surface area contributed by atoms with E-state index in [4.69, 9.17) is 4.74 Å². The Labute approximate surface area is 166 Å². The van der Waals surface area contributed by atoms with Gasteiger partial charge in [-0.25, -0.2) is 0 Å². The number of ether oxygens (including phenoxy) is 1. The second-order valence-corrected chi connectivity index (χ2v) is 10.1. The van der Waals surface area contributed by atoms with E-state index in [1.165, 1.54) is 0 Å². The van der Waals surface area contributed by atoms with Crippen LogP contribution in [0, 0.1) is 28.6 Å². The first-order valence-corrected chi connectivity index (χ1v) is 10.3. The molecule has 2 saturated carbocycles. The summed E-state index contributed by atoms with van der Waals surface area (Å²) in [5, 5.41) is 21.7. The number of hydrogen-bond donors (Lipinski definition) is 2. The van der Waals surface area contributed by atoms with Crippen molar-refractivity contribution in [2.75, 3.05) is 0 Å². The van der Waals surface area contributed by atoms with Crippen molar-refractivity contribution in [1.82, 2.24) is 0 Å². The number of Topliss-reactive ketones (excluding diaryl/α,β-unsaturated/α-hetero) is 1.